The Bertz CT molecular complexity index is 603. The molecule has 0 heterocycles. The van der Waals surface area contributed by atoms with E-state index in [0.29, 0.717) is 11.1 Å². The third-order valence-electron chi connectivity index (χ3n) is 3.28. The second kappa shape index (κ2) is 6.18. The maximum Gasteiger partial charge on any atom is 0.387 e. The van der Waals surface area contributed by atoms with Crippen molar-refractivity contribution >= 4 is 0 Å². The molecule has 0 amide bonds. The summed E-state index contributed by atoms with van der Waals surface area (Å²) in [5, 5.41) is 0. The van der Waals surface area contributed by atoms with Gasteiger partial charge >= 0.3 is 6.61 Å². The molecular weight excluding hydrogens is 279 g/mol. The van der Waals surface area contributed by atoms with Crippen molar-refractivity contribution in [2.45, 2.75) is 26.5 Å². The number of alkyl halides is 2. The molecule has 0 saturated heterocycles. The molecule has 0 aliphatic rings. The van der Waals surface area contributed by atoms with E-state index in [1.165, 1.54) is 12.1 Å². The van der Waals surface area contributed by atoms with E-state index in [-0.39, 0.29) is 11.6 Å². The van der Waals surface area contributed by atoms with E-state index in [1.54, 1.807) is 38.1 Å². The van der Waals surface area contributed by atoms with Crippen LogP contribution >= 0.6 is 0 Å². The van der Waals surface area contributed by atoms with Gasteiger partial charge in [-0.05, 0) is 48.2 Å². The van der Waals surface area contributed by atoms with Crippen molar-refractivity contribution in [3.8, 4) is 5.75 Å². The quantitative estimate of drug-likeness (QED) is 0.922. The number of hydrogen-bond donors (Lipinski definition) is 1. The standard InChI is InChI=1S/C16H16F3NO/c1-9-7-12(8-10(2)14(9)17)15(20)11-3-5-13(6-4-11)21-16(18)19/h3-8,15-16H,20H2,1-2H3. The van der Waals surface area contributed by atoms with E-state index in [0.717, 1.165) is 11.1 Å². The summed E-state index contributed by atoms with van der Waals surface area (Å²) in [7, 11) is 0. The summed E-state index contributed by atoms with van der Waals surface area (Å²) in [6.45, 7) is 0.503. The zero-order valence-electron chi connectivity index (χ0n) is 11.7. The van der Waals surface area contributed by atoms with E-state index in [1.807, 2.05) is 0 Å². The highest BCUT2D eigenvalue weighted by atomic mass is 19.3. The normalized spacial score (nSPS) is 12.5. The van der Waals surface area contributed by atoms with Crippen molar-refractivity contribution in [1.29, 1.82) is 0 Å². The Morgan fingerprint density at radius 2 is 1.48 bits per heavy atom. The van der Waals surface area contributed by atoms with Crippen LogP contribution in [0.3, 0.4) is 0 Å². The number of rotatable bonds is 4. The average Bonchev–Trinajstić information content (AvgIpc) is 2.43. The van der Waals surface area contributed by atoms with Crippen molar-refractivity contribution < 1.29 is 17.9 Å². The zero-order chi connectivity index (χ0) is 15.6. The first-order valence-corrected chi connectivity index (χ1v) is 6.45. The number of benzene rings is 2. The molecular formula is C16H16F3NO. The molecule has 1 unspecified atom stereocenters. The van der Waals surface area contributed by atoms with Gasteiger partial charge in [0.1, 0.15) is 11.6 Å². The van der Waals surface area contributed by atoms with Gasteiger partial charge in [0.15, 0.2) is 0 Å². The lowest BCUT2D eigenvalue weighted by Gasteiger charge is -2.15. The van der Waals surface area contributed by atoms with E-state index >= 15 is 0 Å². The molecule has 0 saturated carbocycles. The molecule has 0 bridgehead atoms. The van der Waals surface area contributed by atoms with Gasteiger partial charge in [0.05, 0.1) is 6.04 Å². The number of hydrogen-bond acceptors (Lipinski definition) is 2. The van der Waals surface area contributed by atoms with Crippen LogP contribution in [-0.4, -0.2) is 6.61 Å². The molecule has 2 rings (SSSR count). The van der Waals surface area contributed by atoms with E-state index in [4.69, 9.17) is 5.73 Å². The van der Waals surface area contributed by atoms with Gasteiger partial charge in [-0.3, -0.25) is 0 Å². The molecule has 0 spiro atoms. The van der Waals surface area contributed by atoms with Gasteiger partial charge in [-0.25, -0.2) is 4.39 Å². The summed E-state index contributed by atoms with van der Waals surface area (Å²) in [6.07, 6.45) is 0. The molecule has 0 aliphatic carbocycles. The molecule has 112 valence electrons. The summed E-state index contributed by atoms with van der Waals surface area (Å²) in [4.78, 5) is 0. The molecule has 21 heavy (non-hydrogen) atoms. The summed E-state index contributed by atoms with van der Waals surface area (Å²) >= 11 is 0. The van der Waals surface area contributed by atoms with Gasteiger partial charge in [-0.1, -0.05) is 24.3 Å². The summed E-state index contributed by atoms with van der Waals surface area (Å²) in [6, 6.07) is 9.04. The molecule has 2 aromatic rings. The van der Waals surface area contributed by atoms with Crippen LogP contribution in [-0.2, 0) is 0 Å². The maximum absolute atomic E-state index is 13.6. The Kier molecular flexibility index (Phi) is 4.53. The van der Waals surface area contributed by atoms with Gasteiger partial charge in [-0.2, -0.15) is 8.78 Å². The zero-order valence-corrected chi connectivity index (χ0v) is 11.7. The average molecular weight is 295 g/mol. The summed E-state index contributed by atoms with van der Waals surface area (Å²) in [5.74, 6) is -0.168. The minimum absolute atomic E-state index is 0.0763. The molecule has 0 fully saturated rings. The van der Waals surface area contributed by atoms with Crippen LogP contribution < -0.4 is 10.5 Å². The van der Waals surface area contributed by atoms with Crippen molar-refractivity contribution in [3.63, 3.8) is 0 Å². The lowest BCUT2D eigenvalue weighted by molar-refractivity contribution is -0.0498. The van der Waals surface area contributed by atoms with Gasteiger partial charge in [0, 0.05) is 0 Å². The summed E-state index contributed by atoms with van der Waals surface area (Å²) < 4.78 is 42.1. The fraction of sp³-hybridized carbons (Fsp3) is 0.250. The van der Waals surface area contributed by atoms with E-state index in [9.17, 15) is 13.2 Å². The molecule has 2 N–H and O–H groups in total. The van der Waals surface area contributed by atoms with Crippen LogP contribution in [0.15, 0.2) is 36.4 Å². The SMILES string of the molecule is Cc1cc(C(N)c2ccc(OC(F)F)cc2)cc(C)c1F. The van der Waals surface area contributed by atoms with Crippen LogP contribution in [0.2, 0.25) is 0 Å². The van der Waals surface area contributed by atoms with Gasteiger partial charge in [0.25, 0.3) is 0 Å². The minimum Gasteiger partial charge on any atom is -0.435 e. The second-order valence-corrected chi connectivity index (χ2v) is 4.89. The largest absolute Gasteiger partial charge is 0.435 e. The summed E-state index contributed by atoms with van der Waals surface area (Å²) in [5.41, 5.74) is 8.71. The molecule has 1 atom stereocenters. The van der Waals surface area contributed by atoms with Crippen LogP contribution in [0.25, 0.3) is 0 Å². The monoisotopic (exact) mass is 295 g/mol. The lowest BCUT2D eigenvalue weighted by atomic mass is 9.96. The highest BCUT2D eigenvalue weighted by Gasteiger charge is 2.13. The number of ether oxygens (including phenoxy) is 1. The minimum atomic E-state index is -2.85. The highest BCUT2D eigenvalue weighted by molar-refractivity contribution is 5.39. The van der Waals surface area contributed by atoms with Crippen molar-refractivity contribution in [3.05, 3.63) is 64.5 Å². The Labute approximate surface area is 121 Å². The van der Waals surface area contributed by atoms with Crippen LogP contribution in [0.4, 0.5) is 13.2 Å². The lowest BCUT2D eigenvalue weighted by Crippen LogP contribution is -2.13. The van der Waals surface area contributed by atoms with Crippen LogP contribution in [0.5, 0.6) is 5.75 Å². The topological polar surface area (TPSA) is 35.2 Å². The first-order valence-electron chi connectivity index (χ1n) is 6.45. The van der Waals surface area contributed by atoms with Gasteiger partial charge in [-0.15, -0.1) is 0 Å². The molecule has 5 heteroatoms. The Morgan fingerprint density at radius 1 is 0.952 bits per heavy atom. The highest BCUT2D eigenvalue weighted by Crippen LogP contribution is 2.25. The first kappa shape index (κ1) is 15.4. The van der Waals surface area contributed by atoms with Crippen molar-refractivity contribution in [1.82, 2.24) is 0 Å². The first-order chi connectivity index (χ1) is 9.88. The second-order valence-electron chi connectivity index (χ2n) is 4.89. The predicted octanol–water partition coefficient (Wildman–Crippen LogP) is 4.09. The fourth-order valence-electron chi connectivity index (χ4n) is 2.21. The molecule has 0 radical (unpaired) electrons. The number of halogens is 3. The van der Waals surface area contributed by atoms with Gasteiger partial charge in [0.2, 0.25) is 0 Å². The predicted molar refractivity (Wildman–Crippen MR) is 75.0 cm³/mol. The third kappa shape index (κ3) is 3.55. The van der Waals surface area contributed by atoms with E-state index in [2.05, 4.69) is 4.74 Å². The fourth-order valence-corrected chi connectivity index (χ4v) is 2.21. The number of nitrogens with two attached hydrogens (primary N) is 1. The molecule has 0 aromatic heterocycles. The Balaban J connectivity index is 2.25. The van der Waals surface area contributed by atoms with Crippen molar-refractivity contribution in [2.24, 2.45) is 5.73 Å². The Morgan fingerprint density at radius 3 is 1.95 bits per heavy atom. The maximum atomic E-state index is 13.6. The van der Waals surface area contributed by atoms with Crippen LogP contribution in [0, 0.1) is 19.7 Å². The van der Waals surface area contributed by atoms with Crippen molar-refractivity contribution in [2.75, 3.05) is 0 Å². The number of aryl methyl sites for hydroxylation is 2. The molecule has 2 nitrogen and oxygen atoms in total. The van der Waals surface area contributed by atoms with Crippen LogP contribution in [0.1, 0.15) is 28.3 Å². The van der Waals surface area contributed by atoms with Gasteiger partial charge < -0.3 is 10.5 Å². The molecule has 2 aromatic carbocycles. The molecule has 0 aliphatic heterocycles. The smallest absolute Gasteiger partial charge is 0.387 e. The third-order valence-corrected chi connectivity index (χ3v) is 3.28. The van der Waals surface area contributed by atoms with E-state index < -0.39 is 12.7 Å². The Hall–Kier alpha value is -2.01.